The zero-order valence-electron chi connectivity index (χ0n) is 31.8. The van der Waals surface area contributed by atoms with Gasteiger partial charge in [0.25, 0.3) is 34.6 Å². The molecule has 0 aromatic carbocycles. The zero-order valence-corrected chi connectivity index (χ0v) is 36.7. The van der Waals surface area contributed by atoms with Gasteiger partial charge in [-0.1, -0.05) is 0 Å². The molecule has 0 spiro atoms. The fraction of sp³-hybridized carbons (Fsp3) is 0.136. The van der Waals surface area contributed by atoms with Crippen molar-refractivity contribution in [2.45, 2.75) is 39.5 Å². The van der Waals surface area contributed by atoms with Gasteiger partial charge >= 0.3 is 0 Å². The quantitative estimate of drug-likeness (QED) is 0.0995. The Bertz CT molecular complexity index is 3270. The van der Waals surface area contributed by atoms with E-state index >= 15 is 17.6 Å². The van der Waals surface area contributed by atoms with E-state index in [4.69, 9.17) is 26.3 Å². The van der Waals surface area contributed by atoms with Crippen LogP contribution in [0.25, 0.3) is 90.1 Å². The molecule has 0 N–H and O–H groups in total. The van der Waals surface area contributed by atoms with E-state index in [1.54, 1.807) is 60.8 Å². The summed E-state index contributed by atoms with van der Waals surface area (Å²) in [7, 11) is 0. The summed E-state index contributed by atoms with van der Waals surface area (Å²) in [5, 5.41) is 38.4. The second-order valence-electron chi connectivity index (χ2n) is 13.6. The number of rotatable bonds is 4. The second-order valence-corrected chi connectivity index (χ2v) is 19.8. The van der Waals surface area contributed by atoms with Crippen LogP contribution in [0.2, 0.25) is 0 Å². The topological polar surface area (TPSA) is 113 Å². The van der Waals surface area contributed by atoms with Crippen molar-refractivity contribution in [3.63, 3.8) is 0 Å². The van der Waals surface area contributed by atoms with E-state index in [9.17, 15) is 21.0 Å². The Hall–Kier alpha value is -6.94. The van der Waals surface area contributed by atoms with Crippen LogP contribution in [-0.4, -0.2) is 11.8 Å². The molecule has 62 heavy (non-hydrogen) atoms. The summed E-state index contributed by atoms with van der Waals surface area (Å²) in [6, 6.07) is 13.9. The molecule has 0 saturated heterocycles. The van der Waals surface area contributed by atoms with E-state index < -0.39 is 56.9 Å². The Morgan fingerprint density at radius 2 is 0.710 bits per heavy atom. The molecule has 0 radical (unpaired) electrons. The number of fused-ring (bicyclic) bond motifs is 3. The van der Waals surface area contributed by atoms with Crippen LogP contribution >= 0.6 is 68.0 Å². The van der Waals surface area contributed by atoms with Gasteiger partial charge in [-0.15, -0.1) is 68.0 Å². The summed E-state index contributed by atoms with van der Waals surface area (Å²) in [5.74, 6) is -7.76. The van der Waals surface area contributed by atoms with Crippen molar-refractivity contribution >= 4 is 99.7 Å². The standard InChI is InChI=1S/C44H16F4N8S6/c1-17-29-31(21(13-49)53-5)43(45,46)33(23(15-51)55-7)41(29)61-35(17)25-9-11-27(57-25)37-19(3)39-40(59-37)20(4)38(60-39)28-12-10-26(58-28)36-18(2)30-32(22(14-50)54-6)44(47,48)34(42(30)62-36)24(16-52)56-8/h9-12H,1-4H3/b31-21-,32-22+,33-23-,34-24+. The first-order valence-corrected chi connectivity index (χ1v) is 22.4. The van der Waals surface area contributed by atoms with Gasteiger partial charge in [-0.2, -0.15) is 17.6 Å². The van der Waals surface area contributed by atoms with E-state index in [0.29, 0.717) is 20.9 Å². The number of hydrogen-bond acceptors (Lipinski definition) is 10. The van der Waals surface area contributed by atoms with Crippen LogP contribution < -0.4 is 0 Å². The molecule has 6 aromatic heterocycles. The van der Waals surface area contributed by atoms with Crippen LogP contribution in [0.4, 0.5) is 17.6 Å². The van der Waals surface area contributed by atoms with E-state index in [1.165, 1.54) is 22.7 Å². The highest BCUT2D eigenvalue weighted by Gasteiger charge is 2.54. The van der Waals surface area contributed by atoms with Gasteiger partial charge in [0.05, 0.1) is 72.9 Å². The lowest BCUT2D eigenvalue weighted by Crippen LogP contribution is -2.16. The molecule has 0 saturated carbocycles. The van der Waals surface area contributed by atoms with Crippen LogP contribution in [0, 0.1) is 99.3 Å². The molecule has 296 valence electrons. The van der Waals surface area contributed by atoms with Gasteiger partial charge in [-0.25, -0.2) is 40.4 Å². The Balaban J connectivity index is 1.17. The largest absolute Gasteiger partial charge is 0.284 e. The minimum Gasteiger partial charge on any atom is -0.226 e. The van der Waals surface area contributed by atoms with Gasteiger partial charge in [0, 0.05) is 58.2 Å². The summed E-state index contributed by atoms with van der Waals surface area (Å²) in [6.45, 7) is 37.0. The number of allylic oxidation sites excluding steroid dienone is 8. The Morgan fingerprint density at radius 3 is 0.984 bits per heavy atom. The molecule has 8 rings (SSSR count). The van der Waals surface area contributed by atoms with E-state index in [0.717, 1.165) is 72.5 Å². The number of thiophene rings is 6. The average molecular weight is 925 g/mol. The van der Waals surface area contributed by atoms with Gasteiger partial charge in [0.1, 0.15) is 0 Å². The number of alkyl halides is 4. The van der Waals surface area contributed by atoms with Crippen LogP contribution in [0.5, 0.6) is 0 Å². The van der Waals surface area contributed by atoms with Crippen molar-refractivity contribution < 1.29 is 17.6 Å². The molecule has 8 nitrogen and oxygen atoms in total. The first-order valence-electron chi connectivity index (χ1n) is 17.5. The van der Waals surface area contributed by atoms with Gasteiger partial charge in [0.15, 0.2) is 0 Å². The maximum atomic E-state index is 15.9. The summed E-state index contributed by atoms with van der Waals surface area (Å²) in [6.07, 6.45) is 0. The monoisotopic (exact) mass is 924 g/mol. The molecule has 6 heterocycles. The number of aryl methyl sites for hydroxylation is 2. The molecule has 6 aromatic rings. The first-order chi connectivity index (χ1) is 29.6. The molecule has 2 aliphatic rings. The average Bonchev–Trinajstić information content (AvgIpc) is 4.14. The van der Waals surface area contributed by atoms with Crippen molar-refractivity contribution in [2.75, 3.05) is 0 Å². The van der Waals surface area contributed by atoms with Crippen LogP contribution in [0.1, 0.15) is 43.1 Å². The van der Waals surface area contributed by atoms with Gasteiger partial charge in [0.2, 0.25) is 0 Å². The Labute approximate surface area is 374 Å². The molecule has 0 amide bonds. The van der Waals surface area contributed by atoms with Gasteiger partial charge in [-0.05, 0) is 85.3 Å². The highest BCUT2D eigenvalue weighted by molar-refractivity contribution is 7.35. The molecule has 0 fully saturated rings. The lowest BCUT2D eigenvalue weighted by molar-refractivity contribution is 0.137. The van der Waals surface area contributed by atoms with Crippen molar-refractivity contribution in [2.24, 2.45) is 0 Å². The number of nitriles is 4. The van der Waals surface area contributed by atoms with Crippen LogP contribution in [0.3, 0.4) is 0 Å². The first kappa shape index (κ1) is 41.8. The Morgan fingerprint density at radius 1 is 0.435 bits per heavy atom. The van der Waals surface area contributed by atoms with Crippen molar-refractivity contribution in [1.82, 2.24) is 0 Å². The van der Waals surface area contributed by atoms with E-state index in [2.05, 4.69) is 19.4 Å². The lowest BCUT2D eigenvalue weighted by atomic mass is 10.0. The minimum atomic E-state index is -3.88. The smallest absolute Gasteiger partial charge is 0.226 e. The highest BCUT2D eigenvalue weighted by Crippen LogP contribution is 2.62. The minimum absolute atomic E-state index is 0.00105. The fourth-order valence-corrected chi connectivity index (χ4v) is 15.9. The SMILES string of the molecule is [C-]#[N+]/C(C#N)=C1/c2c(sc(-c3ccc(-c4sc5c(C)c(-c6ccc(-c7sc8c(c7C)/C(=C(/C#N)[N+]#[C-])C(F)(F)/C8=C(\C#N)[N+]#[C-])s6)sc5c4C)s3)c2C)/C(=C(\C#N)[N+]#[C-])C1(F)F. The number of hydrogen-bond donors (Lipinski definition) is 0. The van der Waals surface area contributed by atoms with Crippen molar-refractivity contribution in [3.8, 4) is 63.3 Å². The lowest BCUT2D eigenvalue weighted by Gasteiger charge is -2.16. The second kappa shape index (κ2) is 14.9. The third-order valence-corrected chi connectivity index (χ3v) is 18.9. The molecule has 18 heteroatoms. The van der Waals surface area contributed by atoms with Crippen molar-refractivity contribution in [3.05, 3.63) is 136 Å². The fourth-order valence-electron chi connectivity index (χ4n) is 7.68. The summed E-state index contributed by atoms with van der Waals surface area (Å²) >= 11 is 8.12. The predicted molar refractivity (Wildman–Crippen MR) is 238 cm³/mol. The highest BCUT2D eigenvalue weighted by atomic mass is 32.1. The normalized spacial score (nSPS) is 17.6. The van der Waals surface area contributed by atoms with Crippen molar-refractivity contribution in [1.29, 1.82) is 21.0 Å². The number of halogens is 4. The molecular weight excluding hydrogens is 909 g/mol. The predicted octanol–water partition coefficient (Wildman–Crippen LogP) is 15.0. The third kappa shape index (κ3) is 5.68. The molecular formula is C44H16F4N8S6. The maximum absolute atomic E-state index is 15.9. The maximum Gasteiger partial charge on any atom is 0.284 e. The van der Waals surface area contributed by atoms with Gasteiger partial charge < -0.3 is 0 Å². The molecule has 0 aliphatic heterocycles. The summed E-state index contributed by atoms with van der Waals surface area (Å²) in [5.41, 5.74) is -3.46. The van der Waals surface area contributed by atoms with Crippen LogP contribution in [-0.2, 0) is 0 Å². The zero-order chi connectivity index (χ0) is 44.7. The summed E-state index contributed by atoms with van der Waals surface area (Å²) in [4.78, 5) is 18.9. The molecule has 0 unspecified atom stereocenters. The number of nitrogens with zero attached hydrogens (tertiary/aromatic N) is 8. The third-order valence-electron chi connectivity index (χ3n) is 10.4. The molecule has 2 aliphatic carbocycles. The van der Waals surface area contributed by atoms with E-state index in [1.807, 2.05) is 38.1 Å². The van der Waals surface area contributed by atoms with Crippen LogP contribution in [0.15, 0.2) is 47.1 Å². The molecule has 0 atom stereocenters. The molecule has 0 bridgehead atoms. The summed E-state index contributed by atoms with van der Waals surface area (Å²) < 4.78 is 65.7. The Kier molecular flexibility index (Phi) is 10.0. The van der Waals surface area contributed by atoms with E-state index in [-0.39, 0.29) is 20.9 Å². The van der Waals surface area contributed by atoms with Gasteiger partial charge in [-0.3, -0.25) is 0 Å².